The van der Waals surface area contributed by atoms with Crippen LogP contribution in [0.3, 0.4) is 0 Å². The number of nitrogens with zero attached hydrogens (tertiary/aromatic N) is 5. The van der Waals surface area contributed by atoms with E-state index in [0.717, 1.165) is 22.2 Å². The number of ether oxygens (including phenoxy) is 1. The molecule has 1 aliphatic rings. The van der Waals surface area contributed by atoms with E-state index in [9.17, 15) is 14.0 Å². The maximum atomic E-state index is 13.9. The van der Waals surface area contributed by atoms with Crippen LogP contribution in [0.5, 0.6) is 5.75 Å². The highest BCUT2D eigenvalue weighted by Crippen LogP contribution is 2.49. The second kappa shape index (κ2) is 9.88. The van der Waals surface area contributed by atoms with E-state index >= 15 is 0 Å². The maximum Gasteiger partial charge on any atom is 0.286 e. The summed E-state index contributed by atoms with van der Waals surface area (Å²) in [6, 6.07) is 20.6. The van der Waals surface area contributed by atoms with Gasteiger partial charge in [0, 0.05) is 29.1 Å². The Balaban J connectivity index is 1.47. The molecule has 200 valence electrons. The lowest BCUT2D eigenvalue weighted by molar-refractivity contribution is -0.120. The van der Waals surface area contributed by atoms with Crippen LogP contribution >= 0.6 is 0 Å². The molecular formula is C30H25FN6O3. The minimum Gasteiger partial charge on any atom is -0.497 e. The van der Waals surface area contributed by atoms with Crippen LogP contribution in [-0.4, -0.2) is 38.7 Å². The number of halogens is 1. The molecule has 3 unspecified atom stereocenters. The zero-order valence-electron chi connectivity index (χ0n) is 21.7. The number of anilines is 1. The molecule has 0 radical (unpaired) electrons. The van der Waals surface area contributed by atoms with Crippen molar-refractivity contribution in [1.29, 1.82) is 0 Å². The number of fused-ring (bicyclic) bond motifs is 1. The maximum absolute atomic E-state index is 13.9. The molecule has 1 fully saturated rings. The Bertz CT molecular complexity index is 1740. The van der Waals surface area contributed by atoms with E-state index in [1.54, 1.807) is 41.1 Å². The Labute approximate surface area is 229 Å². The molecule has 5 aromatic rings. The molecule has 0 aliphatic carbocycles. The van der Waals surface area contributed by atoms with Crippen molar-refractivity contribution in [3.05, 3.63) is 108 Å². The largest absolute Gasteiger partial charge is 0.497 e. The van der Waals surface area contributed by atoms with Gasteiger partial charge >= 0.3 is 0 Å². The fourth-order valence-corrected chi connectivity index (χ4v) is 5.44. The van der Waals surface area contributed by atoms with Crippen LogP contribution in [0.2, 0.25) is 0 Å². The fourth-order valence-electron chi connectivity index (χ4n) is 5.44. The first kappa shape index (κ1) is 25.2. The van der Waals surface area contributed by atoms with Crippen molar-refractivity contribution in [2.24, 2.45) is 11.7 Å². The van der Waals surface area contributed by atoms with Crippen molar-refractivity contribution in [2.75, 3.05) is 12.0 Å². The average Bonchev–Trinajstić information content (AvgIpc) is 3.51. The topological polar surface area (TPSA) is 116 Å². The number of hydrogen-bond acceptors (Lipinski definition) is 6. The average molecular weight is 537 g/mol. The van der Waals surface area contributed by atoms with Gasteiger partial charge in [0.05, 0.1) is 36.2 Å². The third kappa shape index (κ3) is 4.23. The molecule has 3 aromatic carbocycles. The molecule has 0 saturated carbocycles. The third-order valence-electron chi connectivity index (χ3n) is 7.38. The molecule has 10 heteroatoms. The van der Waals surface area contributed by atoms with E-state index in [2.05, 4.69) is 15.1 Å². The van der Waals surface area contributed by atoms with Gasteiger partial charge < -0.3 is 15.4 Å². The van der Waals surface area contributed by atoms with Gasteiger partial charge in [0.25, 0.3) is 5.91 Å². The molecule has 9 nitrogen and oxygen atoms in total. The van der Waals surface area contributed by atoms with E-state index in [1.165, 1.54) is 18.3 Å². The first-order valence-corrected chi connectivity index (χ1v) is 12.7. The summed E-state index contributed by atoms with van der Waals surface area (Å²) in [5.41, 5.74) is 9.12. The zero-order chi connectivity index (χ0) is 28.0. The molecule has 1 aliphatic heterocycles. The quantitative estimate of drug-likeness (QED) is 0.340. The number of benzene rings is 3. The van der Waals surface area contributed by atoms with E-state index in [-0.39, 0.29) is 23.5 Å². The molecule has 2 N–H and O–H groups in total. The first-order valence-electron chi connectivity index (χ1n) is 12.7. The van der Waals surface area contributed by atoms with Crippen molar-refractivity contribution < 1.29 is 18.7 Å². The Morgan fingerprint density at radius 3 is 2.42 bits per heavy atom. The summed E-state index contributed by atoms with van der Waals surface area (Å²) < 4.78 is 20.5. The summed E-state index contributed by atoms with van der Waals surface area (Å²) in [5, 5.41) is 5.32. The number of primary amides is 1. The molecule has 3 atom stereocenters. The Hall–Kier alpha value is -5.12. The monoisotopic (exact) mass is 536 g/mol. The minimum absolute atomic E-state index is 0.0877. The molecule has 1 saturated heterocycles. The van der Waals surface area contributed by atoms with Crippen molar-refractivity contribution in [3.8, 4) is 11.4 Å². The Morgan fingerprint density at radius 2 is 1.73 bits per heavy atom. The molecule has 2 aromatic heterocycles. The number of hydrogen-bond donors (Lipinski definition) is 1. The molecule has 0 bridgehead atoms. The molecule has 40 heavy (non-hydrogen) atoms. The van der Waals surface area contributed by atoms with Gasteiger partial charge in [0.15, 0.2) is 0 Å². The minimum atomic E-state index is -0.736. The summed E-state index contributed by atoms with van der Waals surface area (Å²) in [5.74, 6) is -1.40. The van der Waals surface area contributed by atoms with Crippen molar-refractivity contribution >= 4 is 28.4 Å². The van der Waals surface area contributed by atoms with E-state index in [1.807, 2.05) is 49.4 Å². The first-order chi connectivity index (χ1) is 19.4. The van der Waals surface area contributed by atoms with Crippen molar-refractivity contribution in [3.63, 3.8) is 0 Å². The molecule has 3 heterocycles. The predicted octanol–water partition coefficient (Wildman–Crippen LogP) is 4.57. The smallest absolute Gasteiger partial charge is 0.286 e. The van der Waals surface area contributed by atoms with Crippen molar-refractivity contribution in [1.82, 2.24) is 19.7 Å². The lowest BCUT2D eigenvalue weighted by Gasteiger charge is -2.29. The standard InChI is InChI=1S/C30H25FN6O3/c1-17-26(24-13-14-33-29(35-24)28(32)38)27(18-3-10-23(40-2)11-4-18)36(30(17)39)22-9-12-25-19(15-22)16-34-37(25)21-7-5-20(31)6-8-21/h3-17,26-27H,1-2H3,(H2,32,38). The number of rotatable bonds is 6. The van der Waals surface area contributed by atoms with E-state index in [0.29, 0.717) is 17.1 Å². The van der Waals surface area contributed by atoms with Gasteiger partial charge in [-0.05, 0) is 66.2 Å². The summed E-state index contributed by atoms with van der Waals surface area (Å²) in [6.45, 7) is 1.86. The number of methoxy groups -OCH3 is 1. The van der Waals surface area contributed by atoms with Crippen LogP contribution in [0, 0.1) is 11.7 Å². The molecule has 0 spiro atoms. The van der Waals surface area contributed by atoms with Gasteiger partial charge in [-0.1, -0.05) is 19.1 Å². The van der Waals surface area contributed by atoms with Crippen LogP contribution in [-0.2, 0) is 4.79 Å². The number of nitrogens with two attached hydrogens (primary N) is 1. The van der Waals surface area contributed by atoms with Crippen LogP contribution in [0.1, 0.15) is 40.8 Å². The zero-order valence-corrected chi connectivity index (χ0v) is 21.7. The van der Waals surface area contributed by atoms with Crippen molar-refractivity contribution in [2.45, 2.75) is 18.9 Å². The summed E-state index contributed by atoms with van der Waals surface area (Å²) in [6.07, 6.45) is 3.21. The van der Waals surface area contributed by atoms with E-state index < -0.39 is 17.9 Å². The highest BCUT2D eigenvalue weighted by molar-refractivity contribution is 6.01. The van der Waals surface area contributed by atoms with Crippen LogP contribution in [0.25, 0.3) is 16.6 Å². The fraction of sp³-hybridized carbons (Fsp3) is 0.167. The summed E-state index contributed by atoms with van der Waals surface area (Å²) in [7, 11) is 1.60. The van der Waals surface area contributed by atoms with Gasteiger partial charge in [-0.2, -0.15) is 5.10 Å². The Kier molecular flexibility index (Phi) is 6.22. The van der Waals surface area contributed by atoms with Crippen LogP contribution in [0.15, 0.2) is 85.2 Å². The second-order valence-electron chi connectivity index (χ2n) is 9.69. The summed E-state index contributed by atoms with van der Waals surface area (Å²) in [4.78, 5) is 36.0. The molecule has 2 amide bonds. The van der Waals surface area contributed by atoms with Gasteiger partial charge in [0.1, 0.15) is 11.6 Å². The van der Waals surface area contributed by atoms with Gasteiger partial charge in [-0.15, -0.1) is 0 Å². The van der Waals surface area contributed by atoms with Gasteiger partial charge in [-0.25, -0.2) is 19.0 Å². The second-order valence-corrected chi connectivity index (χ2v) is 9.69. The third-order valence-corrected chi connectivity index (χ3v) is 7.38. The normalized spacial score (nSPS) is 18.8. The molecular weight excluding hydrogens is 511 g/mol. The van der Waals surface area contributed by atoms with E-state index in [4.69, 9.17) is 10.5 Å². The number of aromatic nitrogens is 4. The molecule has 6 rings (SSSR count). The van der Waals surface area contributed by atoms with Gasteiger partial charge in [-0.3, -0.25) is 9.59 Å². The van der Waals surface area contributed by atoms with Crippen LogP contribution in [0.4, 0.5) is 10.1 Å². The number of carbonyl (C=O) groups excluding carboxylic acids is 2. The predicted molar refractivity (Wildman–Crippen MR) is 147 cm³/mol. The van der Waals surface area contributed by atoms with Gasteiger partial charge in [0.2, 0.25) is 11.7 Å². The number of amides is 2. The summed E-state index contributed by atoms with van der Waals surface area (Å²) >= 11 is 0. The SMILES string of the molecule is COc1ccc(C2C(c3ccnc(C(N)=O)n3)C(C)C(=O)N2c2ccc3c(cnn3-c3ccc(F)cc3)c2)cc1. The highest BCUT2D eigenvalue weighted by atomic mass is 19.1. The lowest BCUT2D eigenvalue weighted by Crippen LogP contribution is -2.29. The highest BCUT2D eigenvalue weighted by Gasteiger charge is 2.48. The van der Waals surface area contributed by atoms with Crippen LogP contribution < -0.4 is 15.4 Å². The number of carbonyl (C=O) groups is 2. The lowest BCUT2D eigenvalue weighted by atomic mass is 9.85. The Morgan fingerprint density at radius 1 is 1.00 bits per heavy atom.